The highest BCUT2D eigenvalue weighted by molar-refractivity contribution is 5.97. The van der Waals surface area contributed by atoms with Gasteiger partial charge in [0.2, 0.25) is 0 Å². The Morgan fingerprint density at radius 1 is 0.852 bits per heavy atom. The van der Waals surface area contributed by atoms with Crippen LogP contribution < -0.4 is 9.64 Å². The van der Waals surface area contributed by atoms with Gasteiger partial charge in [0.05, 0.1) is 12.7 Å². The van der Waals surface area contributed by atoms with Crippen molar-refractivity contribution < 1.29 is 14.3 Å². The molecule has 0 N–H and O–H groups in total. The number of benzene rings is 2. The molecule has 0 bridgehead atoms. The molecule has 1 aliphatic heterocycles. The van der Waals surface area contributed by atoms with E-state index in [1.165, 1.54) is 0 Å². The van der Waals surface area contributed by atoms with Gasteiger partial charge >= 0.3 is 0 Å². The first-order valence-corrected chi connectivity index (χ1v) is 9.00. The van der Waals surface area contributed by atoms with E-state index in [2.05, 4.69) is 0 Å². The third-order valence-corrected chi connectivity index (χ3v) is 4.82. The third-order valence-electron chi connectivity index (χ3n) is 4.82. The highest BCUT2D eigenvalue weighted by Gasteiger charge is 2.26. The molecule has 2 aromatic carbocycles. The van der Waals surface area contributed by atoms with Crippen LogP contribution in [0.2, 0.25) is 0 Å². The van der Waals surface area contributed by atoms with Crippen molar-refractivity contribution in [3.63, 3.8) is 0 Å². The van der Waals surface area contributed by atoms with Crippen LogP contribution in [0.5, 0.6) is 5.75 Å². The van der Waals surface area contributed by atoms with Crippen molar-refractivity contribution in [1.29, 1.82) is 0 Å². The summed E-state index contributed by atoms with van der Waals surface area (Å²) >= 11 is 0. The van der Waals surface area contributed by atoms with E-state index in [-0.39, 0.29) is 11.8 Å². The number of hydrogen-bond acceptors (Lipinski definition) is 4. The van der Waals surface area contributed by atoms with Crippen LogP contribution in [-0.4, -0.2) is 69.0 Å². The fourth-order valence-electron chi connectivity index (χ4n) is 3.19. The zero-order valence-electron chi connectivity index (χ0n) is 16.0. The second-order valence-corrected chi connectivity index (χ2v) is 6.73. The molecule has 2 aromatic rings. The summed E-state index contributed by atoms with van der Waals surface area (Å²) < 4.78 is 5.29. The van der Waals surface area contributed by atoms with Crippen LogP contribution in [0.1, 0.15) is 20.7 Å². The fraction of sp³-hybridized carbons (Fsp3) is 0.333. The first-order valence-electron chi connectivity index (χ1n) is 9.00. The molecule has 0 saturated carbocycles. The molecule has 6 nitrogen and oxygen atoms in total. The van der Waals surface area contributed by atoms with Gasteiger partial charge < -0.3 is 19.4 Å². The first kappa shape index (κ1) is 18.8. The summed E-state index contributed by atoms with van der Waals surface area (Å²) in [5.41, 5.74) is 2.28. The smallest absolute Gasteiger partial charge is 0.257 e. The lowest BCUT2D eigenvalue weighted by atomic mass is 10.1. The molecule has 142 valence electrons. The van der Waals surface area contributed by atoms with Gasteiger partial charge in [0.1, 0.15) is 5.75 Å². The molecular formula is C21H25N3O3. The van der Waals surface area contributed by atoms with Crippen molar-refractivity contribution in [3.05, 3.63) is 59.7 Å². The molecule has 1 heterocycles. The van der Waals surface area contributed by atoms with Crippen molar-refractivity contribution in [1.82, 2.24) is 9.80 Å². The molecule has 0 unspecified atom stereocenters. The van der Waals surface area contributed by atoms with Crippen LogP contribution in [0.3, 0.4) is 0 Å². The molecule has 0 spiro atoms. The van der Waals surface area contributed by atoms with Crippen LogP contribution in [-0.2, 0) is 0 Å². The number of rotatable bonds is 4. The Morgan fingerprint density at radius 3 is 1.96 bits per heavy atom. The van der Waals surface area contributed by atoms with Gasteiger partial charge in [-0.2, -0.15) is 0 Å². The van der Waals surface area contributed by atoms with Crippen LogP contribution in [0.15, 0.2) is 48.5 Å². The second-order valence-electron chi connectivity index (χ2n) is 6.73. The average Bonchev–Trinajstić information content (AvgIpc) is 2.72. The first-order chi connectivity index (χ1) is 13.0. The van der Waals surface area contributed by atoms with Gasteiger partial charge in [0.15, 0.2) is 0 Å². The van der Waals surface area contributed by atoms with Crippen LogP contribution in [0, 0.1) is 0 Å². The van der Waals surface area contributed by atoms with Gasteiger partial charge in [-0.25, -0.2) is 0 Å². The van der Waals surface area contributed by atoms with E-state index in [0.29, 0.717) is 43.1 Å². The van der Waals surface area contributed by atoms with Crippen molar-refractivity contribution >= 4 is 17.5 Å². The number of piperazine rings is 1. The van der Waals surface area contributed by atoms with E-state index in [1.54, 1.807) is 29.0 Å². The molecule has 2 amide bonds. The normalized spacial score (nSPS) is 14.0. The number of hydrogen-bond donors (Lipinski definition) is 0. The molecule has 0 aromatic heterocycles. The number of ether oxygens (including phenoxy) is 1. The molecule has 0 aliphatic carbocycles. The van der Waals surface area contributed by atoms with Gasteiger partial charge in [-0.05, 0) is 36.4 Å². The molecule has 27 heavy (non-hydrogen) atoms. The van der Waals surface area contributed by atoms with Gasteiger partial charge in [-0.1, -0.05) is 12.1 Å². The van der Waals surface area contributed by atoms with Crippen molar-refractivity contribution in [3.8, 4) is 5.75 Å². The number of carbonyl (C=O) groups is 2. The van der Waals surface area contributed by atoms with Gasteiger partial charge in [0.25, 0.3) is 11.8 Å². The monoisotopic (exact) mass is 367 g/mol. The summed E-state index contributed by atoms with van der Waals surface area (Å²) in [6, 6.07) is 14.8. The summed E-state index contributed by atoms with van der Waals surface area (Å²) in [7, 11) is 5.49. The third kappa shape index (κ3) is 4.05. The van der Waals surface area contributed by atoms with Crippen LogP contribution in [0.4, 0.5) is 5.69 Å². The zero-order chi connectivity index (χ0) is 19.4. The molecule has 0 radical (unpaired) electrons. The average molecular weight is 367 g/mol. The van der Waals surface area contributed by atoms with E-state index >= 15 is 0 Å². The molecule has 3 rings (SSSR count). The quantitative estimate of drug-likeness (QED) is 0.833. The molecule has 1 aliphatic rings. The maximum absolute atomic E-state index is 12.8. The molecule has 6 heteroatoms. The van der Waals surface area contributed by atoms with Gasteiger partial charge in [0, 0.05) is 51.5 Å². The summed E-state index contributed by atoms with van der Waals surface area (Å²) in [5, 5.41) is 0. The highest BCUT2D eigenvalue weighted by atomic mass is 16.5. The lowest BCUT2D eigenvalue weighted by Gasteiger charge is -2.35. The largest absolute Gasteiger partial charge is 0.496 e. The lowest BCUT2D eigenvalue weighted by molar-refractivity contribution is 0.0533. The van der Waals surface area contributed by atoms with Crippen molar-refractivity contribution in [2.24, 2.45) is 0 Å². The number of nitrogens with zero attached hydrogens (tertiary/aromatic N) is 3. The minimum atomic E-state index is -0.0603. The Hall–Kier alpha value is -3.02. The Morgan fingerprint density at radius 2 is 1.41 bits per heavy atom. The predicted molar refractivity (Wildman–Crippen MR) is 106 cm³/mol. The minimum absolute atomic E-state index is 0.00435. The topological polar surface area (TPSA) is 53.1 Å². The second kappa shape index (κ2) is 8.12. The molecular weight excluding hydrogens is 342 g/mol. The van der Waals surface area contributed by atoms with E-state index < -0.39 is 0 Å². The standard InChI is InChI=1S/C21H25N3O3/c1-22(2)17-10-8-16(9-11-17)20(25)23-12-14-24(15-13-23)21(26)18-6-4-5-7-19(18)27-3/h4-11H,12-15H2,1-3H3. The number of amides is 2. The van der Waals surface area contributed by atoms with E-state index in [9.17, 15) is 9.59 Å². The Labute approximate surface area is 159 Å². The summed E-state index contributed by atoms with van der Waals surface area (Å²) in [4.78, 5) is 31.1. The Kier molecular flexibility index (Phi) is 5.64. The van der Waals surface area contributed by atoms with Gasteiger partial charge in [-0.15, -0.1) is 0 Å². The summed E-state index contributed by atoms with van der Waals surface area (Å²) in [5.74, 6) is 0.515. The fourth-order valence-corrected chi connectivity index (χ4v) is 3.19. The molecule has 1 saturated heterocycles. The highest BCUT2D eigenvalue weighted by Crippen LogP contribution is 2.21. The minimum Gasteiger partial charge on any atom is -0.496 e. The number of methoxy groups -OCH3 is 1. The number of carbonyl (C=O) groups excluding carboxylic acids is 2. The summed E-state index contributed by atoms with van der Waals surface area (Å²) in [6.45, 7) is 2.07. The molecule has 0 atom stereocenters. The number of para-hydroxylation sites is 1. The van der Waals surface area contributed by atoms with Gasteiger partial charge in [-0.3, -0.25) is 9.59 Å². The van der Waals surface area contributed by atoms with Crippen LogP contribution in [0.25, 0.3) is 0 Å². The lowest BCUT2D eigenvalue weighted by Crippen LogP contribution is -2.50. The maximum Gasteiger partial charge on any atom is 0.257 e. The Bertz CT molecular complexity index is 810. The summed E-state index contributed by atoms with van der Waals surface area (Å²) in [6.07, 6.45) is 0. The number of anilines is 1. The molecule has 1 fully saturated rings. The SMILES string of the molecule is COc1ccccc1C(=O)N1CCN(C(=O)c2ccc(N(C)C)cc2)CC1. The predicted octanol–water partition coefficient (Wildman–Crippen LogP) is 2.36. The Balaban J connectivity index is 1.63. The van der Waals surface area contributed by atoms with E-state index in [1.807, 2.05) is 55.4 Å². The van der Waals surface area contributed by atoms with Crippen LogP contribution >= 0.6 is 0 Å². The zero-order valence-corrected chi connectivity index (χ0v) is 16.0. The van der Waals surface area contributed by atoms with E-state index in [4.69, 9.17) is 4.74 Å². The van der Waals surface area contributed by atoms with E-state index in [0.717, 1.165) is 5.69 Å². The van der Waals surface area contributed by atoms with Crippen molar-refractivity contribution in [2.75, 3.05) is 52.3 Å². The maximum atomic E-state index is 12.8. The van der Waals surface area contributed by atoms with Crippen molar-refractivity contribution in [2.45, 2.75) is 0 Å².